The van der Waals surface area contributed by atoms with Crippen molar-refractivity contribution < 1.29 is 0 Å². The number of benzene rings is 1. The van der Waals surface area contributed by atoms with E-state index in [0.29, 0.717) is 4.99 Å². The van der Waals surface area contributed by atoms with E-state index in [1.807, 2.05) is 12.1 Å². The molecule has 0 unspecified atom stereocenters. The topological polar surface area (TPSA) is 50.9 Å². The van der Waals surface area contributed by atoms with Crippen molar-refractivity contribution >= 4 is 28.6 Å². The van der Waals surface area contributed by atoms with Gasteiger partial charge < -0.3 is 11.1 Å². The van der Waals surface area contributed by atoms with E-state index in [-0.39, 0.29) is 0 Å². The molecule has 92 valence electrons. The molecule has 1 aromatic heterocycles. The van der Waals surface area contributed by atoms with Crippen LogP contribution >= 0.6 is 12.2 Å². The van der Waals surface area contributed by atoms with E-state index >= 15 is 0 Å². The van der Waals surface area contributed by atoms with Crippen LogP contribution in [0.25, 0.3) is 0 Å². The molecule has 2 rings (SSSR count). The van der Waals surface area contributed by atoms with Gasteiger partial charge in [-0.2, -0.15) is 0 Å². The molecule has 0 saturated carbocycles. The van der Waals surface area contributed by atoms with Crippen molar-refractivity contribution in [2.24, 2.45) is 5.73 Å². The number of aryl methyl sites for hydroxylation is 2. The highest BCUT2D eigenvalue weighted by atomic mass is 32.1. The largest absolute Gasteiger partial charge is 0.389 e. The van der Waals surface area contributed by atoms with Crippen molar-refractivity contribution in [1.82, 2.24) is 4.98 Å². The predicted octanol–water partition coefficient (Wildman–Crippen LogP) is 3.08. The fourth-order valence-electron chi connectivity index (χ4n) is 1.81. The molecule has 3 nitrogen and oxygen atoms in total. The summed E-state index contributed by atoms with van der Waals surface area (Å²) in [7, 11) is 0. The minimum absolute atomic E-state index is 0.365. The molecule has 0 atom stereocenters. The molecule has 0 saturated heterocycles. The Morgan fingerprint density at radius 3 is 2.67 bits per heavy atom. The van der Waals surface area contributed by atoms with Crippen molar-refractivity contribution in [3.63, 3.8) is 0 Å². The number of rotatable bonds is 3. The molecule has 0 amide bonds. The first kappa shape index (κ1) is 12.5. The molecule has 0 aliphatic heterocycles. The first-order chi connectivity index (χ1) is 8.58. The Kier molecular flexibility index (Phi) is 3.58. The van der Waals surface area contributed by atoms with Crippen molar-refractivity contribution in [2.75, 3.05) is 5.32 Å². The van der Waals surface area contributed by atoms with Crippen LogP contribution in [0, 0.1) is 13.8 Å². The van der Waals surface area contributed by atoms with Crippen molar-refractivity contribution in [3.8, 4) is 0 Å². The summed E-state index contributed by atoms with van der Waals surface area (Å²) in [6.07, 6.45) is 3.41. The van der Waals surface area contributed by atoms with Crippen LogP contribution in [0.1, 0.15) is 16.7 Å². The zero-order chi connectivity index (χ0) is 13.1. The number of nitrogens with two attached hydrogens (primary N) is 1. The molecule has 0 aliphatic rings. The van der Waals surface area contributed by atoms with Crippen LogP contribution in [-0.4, -0.2) is 9.97 Å². The van der Waals surface area contributed by atoms with Gasteiger partial charge in [0.15, 0.2) is 0 Å². The van der Waals surface area contributed by atoms with Crippen LogP contribution in [0.2, 0.25) is 0 Å². The van der Waals surface area contributed by atoms with Gasteiger partial charge in [-0.05, 0) is 31.5 Å². The number of thiocarbonyl (C=S) groups is 1. The Labute approximate surface area is 112 Å². The Morgan fingerprint density at radius 2 is 2.00 bits per heavy atom. The van der Waals surface area contributed by atoms with Crippen LogP contribution in [0.5, 0.6) is 0 Å². The van der Waals surface area contributed by atoms with Crippen LogP contribution in [0.4, 0.5) is 11.4 Å². The average molecular weight is 257 g/mol. The highest BCUT2D eigenvalue weighted by Gasteiger charge is 2.06. The minimum Gasteiger partial charge on any atom is -0.389 e. The van der Waals surface area contributed by atoms with Crippen LogP contribution in [0.3, 0.4) is 0 Å². The lowest BCUT2D eigenvalue weighted by Gasteiger charge is -2.13. The van der Waals surface area contributed by atoms with E-state index in [1.54, 1.807) is 12.4 Å². The van der Waals surface area contributed by atoms with E-state index in [4.69, 9.17) is 18.0 Å². The van der Waals surface area contributed by atoms with Gasteiger partial charge in [-0.1, -0.05) is 29.9 Å². The Balaban J connectivity index is 2.37. The molecule has 0 fully saturated rings. The molecule has 1 aromatic carbocycles. The first-order valence-corrected chi connectivity index (χ1v) is 6.07. The van der Waals surface area contributed by atoms with Gasteiger partial charge in [0.05, 0.1) is 11.9 Å². The minimum atomic E-state index is 0.365. The number of hydrogen-bond donors (Lipinski definition) is 2. The van der Waals surface area contributed by atoms with Gasteiger partial charge in [0, 0.05) is 17.4 Å². The van der Waals surface area contributed by atoms with E-state index in [1.165, 1.54) is 11.1 Å². The van der Waals surface area contributed by atoms with Gasteiger partial charge in [-0.25, -0.2) is 0 Å². The first-order valence-electron chi connectivity index (χ1n) is 5.66. The second kappa shape index (κ2) is 5.14. The lowest BCUT2D eigenvalue weighted by molar-refractivity contribution is 1.30. The second-order valence-corrected chi connectivity index (χ2v) is 4.67. The lowest BCUT2D eigenvalue weighted by atomic mass is 10.1. The molecule has 0 aliphatic carbocycles. The Morgan fingerprint density at radius 1 is 1.22 bits per heavy atom. The maximum atomic E-state index is 5.69. The predicted molar refractivity (Wildman–Crippen MR) is 79.3 cm³/mol. The summed E-state index contributed by atoms with van der Waals surface area (Å²) < 4.78 is 0. The number of hydrogen-bond acceptors (Lipinski definition) is 3. The van der Waals surface area contributed by atoms with Gasteiger partial charge in [-0.15, -0.1) is 0 Å². The molecule has 0 spiro atoms. The summed E-state index contributed by atoms with van der Waals surface area (Å²) in [5.74, 6) is 0. The molecular weight excluding hydrogens is 242 g/mol. The maximum Gasteiger partial charge on any atom is 0.106 e. The van der Waals surface area contributed by atoms with Crippen molar-refractivity contribution in [1.29, 1.82) is 0 Å². The Hall–Kier alpha value is -1.94. The summed E-state index contributed by atoms with van der Waals surface area (Å²) in [5.41, 5.74) is 10.8. The van der Waals surface area contributed by atoms with Crippen LogP contribution in [0.15, 0.2) is 36.7 Å². The molecular formula is C14H15N3S. The van der Waals surface area contributed by atoms with Gasteiger partial charge in [0.1, 0.15) is 4.99 Å². The van der Waals surface area contributed by atoms with Gasteiger partial charge in [0.2, 0.25) is 0 Å². The number of nitrogens with zero attached hydrogens (tertiary/aromatic N) is 1. The monoisotopic (exact) mass is 257 g/mol. The summed E-state index contributed by atoms with van der Waals surface area (Å²) in [4.78, 5) is 4.46. The third-order valence-electron chi connectivity index (χ3n) is 2.74. The SMILES string of the molecule is Cc1ccc(Nc2cnccc2C(N)=S)c(C)c1. The third kappa shape index (κ3) is 2.65. The van der Waals surface area contributed by atoms with Crippen LogP contribution < -0.4 is 11.1 Å². The molecule has 4 heteroatoms. The second-order valence-electron chi connectivity index (χ2n) is 4.23. The van der Waals surface area contributed by atoms with Crippen molar-refractivity contribution in [3.05, 3.63) is 53.3 Å². The quantitative estimate of drug-likeness (QED) is 0.830. The van der Waals surface area contributed by atoms with E-state index in [2.05, 4.69) is 36.3 Å². The molecule has 2 aromatic rings. The van der Waals surface area contributed by atoms with Gasteiger partial charge in [-0.3, -0.25) is 4.98 Å². The lowest BCUT2D eigenvalue weighted by Crippen LogP contribution is -2.12. The summed E-state index contributed by atoms with van der Waals surface area (Å²) >= 11 is 5.03. The zero-order valence-corrected chi connectivity index (χ0v) is 11.2. The molecule has 18 heavy (non-hydrogen) atoms. The van der Waals surface area contributed by atoms with Crippen molar-refractivity contribution in [2.45, 2.75) is 13.8 Å². The average Bonchev–Trinajstić information content (AvgIpc) is 2.33. The van der Waals surface area contributed by atoms with Gasteiger partial charge >= 0.3 is 0 Å². The standard InChI is InChI=1S/C14H15N3S/c1-9-3-4-12(10(2)7-9)17-13-8-16-6-5-11(13)14(15)18/h3-8,17H,1-2H3,(H2,15,18). The highest BCUT2D eigenvalue weighted by Crippen LogP contribution is 2.23. The van der Waals surface area contributed by atoms with E-state index in [9.17, 15) is 0 Å². The summed E-state index contributed by atoms with van der Waals surface area (Å²) in [5, 5.41) is 3.32. The molecule has 0 bridgehead atoms. The van der Waals surface area contributed by atoms with E-state index in [0.717, 1.165) is 16.9 Å². The van der Waals surface area contributed by atoms with E-state index < -0.39 is 0 Å². The fraction of sp³-hybridized carbons (Fsp3) is 0.143. The normalized spacial score (nSPS) is 10.1. The number of anilines is 2. The molecule has 1 heterocycles. The highest BCUT2D eigenvalue weighted by molar-refractivity contribution is 7.80. The maximum absolute atomic E-state index is 5.69. The summed E-state index contributed by atoms with van der Waals surface area (Å²) in [6, 6.07) is 8.04. The Bertz CT molecular complexity index is 593. The molecule has 0 radical (unpaired) electrons. The number of aromatic nitrogens is 1. The smallest absolute Gasteiger partial charge is 0.106 e. The number of nitrogens with one attached hydrogen (secondary N) is 1. The zero-order valence-electron chi connectivity index (χ0n) is 10.4. The third-order valence-corrected chi connectivity index (χ3v) is 2.96. The fourth-order valence-corrected chi connectivity index (χ4v) is 1.99. The summed E-state index contributed by atoms with van der Waals surface area (Å²) in [6.45, 7) is 4.13. The van der Waals surface area contributed by atoms with Gasteiger partial charge in [0.25, 0.3) is 0 Å². The molecule has 3 N–H and O–H groups in total. The van der Waals surface area contributed by atoms with Crippen LogP contribution in [-0.2, 0) is 0 Å². The number of pyridine rings is 1.